The standard InChI is InChI=1S/C18H25FN2O.ClH/c1-12-2-4-13(5-3-12)10-17(22)21-16-7-6-14-11-20-9-8-15(14)18(16)19;/h6-7,12-13,20H,2-5,8-11H2,1H3,(H,21,22);1H. The summed E-state index contributed by atoms with van der Waals surface area (Å²) in [6, 6.07) is 3.62. The Hall–Kier alpha value is -1.13. The minimum absolute atomic E-state index is 0. The molecule has 1 fully saturated rings. The van der Waals surface area contributed by atoms with E-state index in [1.807, 2.05) is 6.07 Å². The third kappa shape index (κ3) is 4.45. The minimum atomic E-state index is -0.246. The van der Waals surface area contributed by atoms with Crippen molar-refractivity contribution in [3.63, 3.8) is 0 Å². The molecule has 2 N–H and O–H groups in total. The Balaban J connectivity index is 0.00000192. The molecule has 3 rings (SSSR count). The van der Waals surface area contributed by atoms with E-state index in [9.17, 15) is 9.18 Å². The van der Waals surface area contributed by atoms with E-state index in [1.54, 1.807) is 6.07 Å². The monoisotopic (exact) mass is 340 g/mol. The Bertz CT molecular complexity index is 556. The van der Waals surface area contributed by atoms with Gasteiger partial charge >= 0.3 is 0 Å². The van der Waals surface area contributed by atoms with Crippen molar-refractivity contribution in [3.05, 3.63) is 29.1 Å². The van der Waals surface area contributed by atoms with Crippen LogP contribution in [-0.4, -0.2) is 12.5 Å². The van der Waals surface area contributed by atoms with Crippen molar-refractivity contribution in [1.29, 1.82) is 0 Å². The minimum Gasteiger partial charge on any atom is -0.324 e. The van der Waals surface area contributed by atoms with Crippen molar-refractivity contribution in [2.75, 3.05) is 11.9 Å². The Morgan fingerprint density at radius 1 is 1.30 bits per heavy atom. The molecule has 1 aromatic carbocycles. The summed E-state index contributed by atoms with van der Waals surface area (Å²) < 4.78 is 14.5. The molecule has 128 valence electrons. The maximum Gasteiger partial charge on any atom is 0.224 e. The van der Waals surface area contributed by atoms with Crippen molar-refractivity contribution < 1.29 is 9.18 Å². The van der Waals surface area contributed by atoms with Crippen LogP contribution in [0.1, 0.15) is 50.2 Å². The van der Waals surface area contributed by atoms with Crippen LogP contribution in [0.3, 0.4) is 0 Å². The Kier molecular flexibility index (Phi) is 6.42. The molecule has 3 nitrogen and oxygen atoms in total. The van der Waals surface area contributed by atoms with Gasteiger partial charge in [-0.05, 0) is 54.8 Å². The van der Waals surface area contributed by atoms with Crippen LogP contribution in [0.15, 0.2) is 12.1 Å². The molecule has 1 aliphatic carbocycles. The van der Waals surface area contributed by atoms with Gasteiger partial charge in [0.1, 0.15) is 5.82 Å². The molecule has 0 aromatic heterocycles. The van der Waals surface area contributed by atoms with Gasteiger partial charge in [0.25, 0.3) is 0 Å². The van der Waals surface area contributed by atoms with Crippen LogP contribution in [0, 0.1) is 17.7 Å². The molecule has 23 heavy (non-hydrogen) atoms. The maximum atomic E-state index is 14.5. The van der Waals surface area contributed by atoms with Crippen molar-refractivity contribution in [2.24, 2.45) is 11.8 Å². The van der Waals surface area contributed by atoms with Crippen LogP contribution in [0.4, 0.5) is 10.1 Å². The first-order valence-corrected chi connectivity index (χ1v) is 8.44. The lowest BCUT2D eigenvalue weighted by Crippen LogP contribution is -2.25. The van der Waals surface area contributed by atoms with Gasteiger partial charge in [-0.1, -0.05) is 25.8 Å². The summed E-state index contributed by atoms with van der Waals surface area (Å²) in [6.07, 6.45) is 5.85. The van der Waals surface area contributed by atoms with E-state index in [0.29, 0.717) is 31.0 Å². The van der Waals surface area contributed by atoms with Crippen molar-refractivity contribution in [1.82, 2.24) is 5.32 Å². The van der Waals surface area contributed by atoms with Crippen molar-refractivity contribution in [2.45, 2.75) is 52.0 Å². The van der Waals surface area contributed by atoms with E-state index in [1.165, 1.54) is 12.8 Å². The van der Waals surface area contributed by atoms with Gasteiger partial charge in [0.2, 0.25) is 5.91 Å². The predicted octanol–water partition coefficient (Wildman–Crippen LogP) is 4.05. The highest BCUT2D eigenvalue weighted by atomic mass is 35.5. The molecular formula is C18H26ClFN2O. The lowest BCUT2D eigenvalue weighted by atomic mass is 9.81. The molecule has 0 saturated heterocycles. The smallest absolute Gasteiger partial charge is 0.224 e. The molecular weight excluding hydrogens is 315 g/mol. The SMILES string of the molecule is CC1CCC(CC(=O)Nc2ccc3c(c2F)CCNC3)CC1.Cl. The van der Waals surface area contributed by atoms with E-state index >= 15 is 0 Å². The Labute approximate surface area is 143 Å². The van der Waals surface area contributed by atoms with Gasteiger partial charge in [0.15, 0.2) is 0 Å². The van der Waals surface area contributed by atoms with Crippen LogP contribution in [-0.2, 0) is 17.8 Å². The second kappa shape index (κ2) is 8.11. The number of hydrogen-bond acceptors (Lipinski definition) is 2. The molecule has 0 bridgehead atoms. The molecule has 1 aliphatic heterocycles. The van der Waals surface area contributed by atoms with E-state index in [0.717, 1.165) is 36.4 Å². The number of nitrogens with one attached hydrogen (secondary N) is 2. The fourth-order valence-electron chi connectivity index (χ4n) is 3.63. The number of halogens is 2. The summed E-state index contributed by atoms with van der Waals surface area (Å²) in [5.41, 5.74) is 2.10. The predicted molar refractivity (Wildman–Crippen MR) is 93.4 cm³/mol. The first-order valence-electron chi connectivity index (χ1n) is 8.44. The quantitative estimate of drug-likeness (QED) is 0.871. The largest absolute Gasteiger partial charge is 0.324 e. The fourth-order valence-corrected chi connectivity index (χ4v) is 3.63. The summed E-state index contributed by atoms with van der Waals surface area (Å²) in [4.78, 5) is 12.2. The first kappa shape index (κ1) is 18.2. The van der Waals surface area contributed by atoms with Gasteiger partial charge < -0.3 is 10.6 Å². The maximum absolute atomic E-state index is 14.5. The number of carbonyl (C=O) groups excluding carboxylic acids is 1. The highest BCUT2D eigenvalue weighted by molar-refractivity contribution is 5.91. The van der Waals surface area contributed by atoms with E-state index < -0.39 is 0 Å². The second-order valence-electron chi connectivity index (χ2n) is 6.87. The van der Waals surface area contributed by atoms with E-state index in [4.69, 9.17) is 0 Å². The molecule has 1 heterocycles. The lowest BCUT2D eigenvalue weighted by molar-refractivity contribution is -0.117. The van der Waals surface area contributed by atoms with Crippen LogP contribution in [0.2, 0.25) is 0 Å². The van der Waals surface area contributed by atoms with Gasteiger partial charge in [-0.2, -0.15) is 0 Å². The van der Waals surface area contributed by atoms with Gasteiger partial charge in [-0.25, -0.2) is 4.39 Å². The van der Waals surface area contributed by atoms with Gasteiger partial charge in [-0.3, -0.25) is 4.79 Å². The lowest BCUT2D eigenvalue weighted by Gasteiger charge is -2.25. The van der Waals surface area contributed by atoms with Crippen molar-refractivity contribution >= 4 is 24.0 Å². The number of rotatable bonds is 3. The number of amides is 1. The number of fused-ring (bicyclic) bond motifs is 1. The molecule has 5 heteroatoms. The molecule has 0 unspecified atom stereocenters. The fraction of sp³-hybridized carbons (Fsp3) is 0.611. The number of carbonyl (C=O) groups is 1. The third-order valence-electron chi connectivity index (χ3n) is 5.09. The van der Waals surface area contributed by atoms with Gasteiger partial charge in [0, 0.05) is 13.0 Å². The zero-order chi connectivity index (χ0) is 15.5. The number of benzene rings is 1. The van der Waals surface area contributed by atoms with Crippen LogP contribution in [0.25, 0.3) is 0 Å². The van der Waals surface area contributed by atoms with E-state index in [2.05, 4.69) is 17.6 Å². The Morgan fingerprint density at radius 2 is 2.04 bits per heavy atom. The van der Waals surface area contributed by atoms with E-state index in [-0.39, 0.29) is 24.1 Å². The van der Waals surface area contributed by atoms with Crippen molar-refractivity contribution in [3.8, 4) is 0 Å². The second-order valence-corrected chi connectivity index (χ2v) is 6.87. The number of hydrogen-bond donors (Lipinski definition) is 2. The van der Waals surface area contributed by atoms with Crippen LogP contribution >= 0.6 is 12.4 Å². The molecule has 1 amide bonds. The highest BCUT2D eigenvalue weighted by Crippen LogP contribution is 2.31. The van der Waals surface area contributed by atoms with Crippen LogP contribution in [0.5, 0.6) is 0 Å². The molecule has 0 radical (unpaired) electrons. The molecule has 1 aromatic rings. The zero-order valence-corrected chi connectivity index (χ0v) is 14.5. The number of anilines is 1. The molecule has 1 saturated carbocycles. The molecule has 2 aliphatic rings. The van der Waals surface area contributed by atoms with Gasteiger partial charge in [-0.15, -0.1) is 12.4 Å². The summed E-state index contributed by atoms with van der Waals surface area (Å²) >= 11 is 0. The summed E-state index contributed by atoms with van der Waals surface area (Å²) in [5, 5.41) is 6.02. The first-order chi connectivity index (χ1) is 10.6. The highest BCUT2D eigenvalue weighted by Gasteiger charge is 2.22. The topological polar surface area (TPSA) is 41.1 Å². The normalized spacial score (nSPS) is 23.6. The van der Waals surface area contributed by atoms with Gasteiger partial charge in [0.05, 0.1) is 5.69 Å². The zero-order valence-electron chi connectivity index (χ0n) is 13.7. The Morgan fingerprint density at radius 3 is 2.78 bits per heavy atom. The summed E-state index contributed by atoms with van der Waals surface area (Å²) in [7, 11) is 0. The molecule has 0 spiro atoms. The van der Waals surface area contributed by atoms with Crippen LogP contribution < -0.4 is 10.6 Å². The average molecular weight is 341 g/mol. The summed E-state index contributed by atoms with van der Waals surface area (Å²) in [5.74, 6) is 0.948. The average Bonchev–Trinajstić information content (AvgIpc) is 2.53. The molecule has 0 atom stereocenters. The third-order valence-corrected chi connectivity index (χ3v) is 5.09. The summed E-state index contributed by atoms with van der Waals surface area (Å²) in [6.45, 7) is 3.77.